The van der Waals surface area contributed by atoms with Crippen molar-refractivity contribution in [3.05, 3.63) is 89.5 Å². The van der Waals surface area contributed by atoms with Gasteiger partial charge in [0, 0.05) is 6.21 Å². The molecule has 0 amide bonds. The van der Waals surface area contributed by atoms with Crippen LogP contribution in [0.2, 0.25) is 0 Å². The molecule has 3 aromatic carbocycles. The molecule has 0 saturated carbocycles. The molecule has 0 unspecified atom stereocenters. The first-order chi connectivity index (χ1) is 12.4. The highest BCUT2D eigenvalue weighted by molar-refractivity contribution is 5.86. The van der Waals surface area contributed by atoms with Crippen LogP contribution in [0.5, 0.6) is 0 Å². The Morgan fingerprint density at radius 1 is 0.923 bits per heavy atom. The molecule has 0 bridgehead atoms. The lowest BCUT2D eigenvalue weighted by atomic mass is 10.0. The van der Waals surface area contributed by atoms with Gasteiger partial charge in [-0.25, -0.2) is 0 Å². The Labute approximate surface area is 150 Å². The Bertz CT molecular complexity index is 950. The van der Waals surface area contributed by atoms with Crippen LogP contribution in [-0.2, 0) is 6.18 Å². The van der Waals surface area contributed by atoms with Gasteiger partial charge in [-0.2, -0.15) is 13.2 Å². The van der Waals surface area contributed by atoms with E-state index in [0.717, 1.165) is 28.5 Å². The van der Waals surface area contributed by atoms with Crippen molar-refractivity contribution in [2.45, 2.75) is 19.1 Å². The third kappa shape index (κ3) is 4.20. The first kappa shape index (κ1) is 17.9. The van der Waals surface area contributed by atoms with Gasteiger partial charge < -0.3 is 0 Å². The van der Waals surface area contributed by atoms with Crippen LogP contribution in [-0.4, -0.2) is 6.21 Å². The fraction of sp³-hybridized carbons (Fsp3) is 0.136. The van der Waals surface area contributed by atoms with E-state index < -0.39 is 11.7 Å². The molecule has 0 aliphatic heterocycles. The average molecular weight is 353 g/mol. The zero-order valence-electron chi connectivity index (χ0n) is 14.2. The predicted octanol–water partition coefficient (Wildman–Crippen LogP) is 6.70. The van der Waals surface area contributed by atoms with E-state index in [1.54, 1.807) is 24.4 Å². The summed E-state index contributed by atoms with van der Waals surface area (Å²) in [5.74, 6) is 0. The van der Waals surface area contributed by atoms with Crippen LogP contribution in [0.4, 0.5) is 13.2 Å². The van der Waals surface area contributed by atoms with Gasteiger partial charge in [0.25, 0.3) is 0 Å². The molecular formula is C22H18F3N. The van der Waals surface area contributed by atoms with Crippen molar-refractivity contribution in [1.29, 1.82) is 0 Å². The molecule has 1 nitrogen and oxygen atoms in total. The summed E-state index contributed by atoms with van der Waals surface area (Å²) in [6.07, 6.45) is 0.583. The maximum Gasteiger partial charge on any atom is 0.416 e. The Kier molecular flexibility index (Phi) is 5.21. The molecule has 1 atom stereocenters. The van der Waals surface area contributed by atoms with E-state index in [4.69, 9.17) is 0 Å². The predicted molar refractivity (Wildman–Crippen MR) is 101 cm³/mol. The van der Waals surface area contributed by atoms with Gasteiger partial charge in [-0.1, -0.05) is 60.7 Å². The summed E-state index contributed by atoms with van der Waals surface area (Å²) >= 11 is 0. The van der Waals surface area contributed by atoms with Gasteiger partial charge in [0.05, 0.1) is 11.6 Å². The van der Waals surface area contributed by atoms with E-state index in [-0.39, 0.29) is 6.04 Å². The number of aliphatic imine (C=N–C) groups is 1. The van der Waals surface area contributed by atoms with Gasteiger partial charge >= 0.3 is 6.18 Å². The number of benzene rings is 3. The number of rotatable bonds is 4. The summed E-state index contributed by atoms with van der Waals surface area (Å²) in [5.41, 5.74) is 0.955. The van der Waals surface area contributed by atoms with Crippen molar-refractivity contribution in [1.82, 2.24) is 0 Å². The SMILES string of the molecule is C[C@@H](N=C/C=C/c1cccc(C(F)(F)F)c1)c1cccc2ccccc12. The minimum absolute atomic E-state index is 0.0488. The smallest absolute Gasteiger partial charge is 0.285 e. The number of allylic oxidation sites excluding steroid dienone is 1. The minimum atomic E-state index is -4.33. The first-order valence-electron chi connectivity index (χ1n) is 8.30. The number of hydrogen-bond donors (Lipinski definition) is 0. The van der Waals surface area contributed by atoms with Gasteiger partial charge in [-0.15, -0.1) is 0 Å². The molecule has 132 valence electrons. The zero-order chi connectivity index (χ0) is 18.6. The quantitative estimate of drug-likeness (QED) is 0.463. The lowest BCUT2D eigenvalue weighted by Gasteiger charge is -2.10. The maximum atomic E-state index is 12.7. The van der Waals surface area contributed by atoms with E-state index in [0.29, 0.717) is 5.56 Å². The van der Waals surface area contributed by atoms with E-state index in [9.17, 15) is 13.2 Å². The molecule has 0 radical (unpaired) electrons. The summed E-state index contributed by atoms with van der Waals surface area (Å²) < 4.78 is 38.2. The number of alkyl halides is 3. The summed E-state index contributed by atoms with van der Waals surface area (Å²) in [7, 11) is 0. The number of nitrogens with zero attached hydrogens (tertiary/aromatic N) is 1. The molecule has 0 fully saturated rings. The molecule has 0 aromatic heterocycles. The molecule has 0 N–H and O–H groups in total. The summed E-state index contributed by atoms with van der Waals surface area (Å²) in [6.45, 7) is 2.00. The lowest BCUT2D eigenvalue weighted by molar-refractivity contribution is -0.137. The summed E-state index contributed by atoms with van der Waals surface area (Å²) in [4.78, 5) is 4.50. The fourth-order valence-electron chi connectivity index (χ4n) is 2.85. The third-order valence-electron chi connectivity index (χ3n) is 4.17. The number of hydrogen-bond acceptors (Lipinski definition) is 1. The van der Waals surface area contributed by atoms with Crippen LogP contribution >= 0.6 is 0 Å². The largest absolute Gasteiger partial charge is 0.416 e. The summed E-state index contributed by atoms with van der Waals surface area (Å²) in [6, 6.07) is 19.4. The Hall–Kier alpha value is -2.88. The van der Waals surface area contributed by atoms with Crippen molar-refractivity contribution in [3.8, 4) is 0 Å². The van der Waals surface area contributed by atoms with Gasteiger partial charge in [-0.05, 0) is 47.0 Å². The molecule has 0 spiro atoms. The van der Waals surface area contributed by atoms with Crippen LogP contribution in [0.15, 0.2) is 77.8 Å². The summed E-state index contributed by atoms with van der Waals surface area (Å²) in [5, 5.41) is 2.31. The Morgan fingerprint density at radius 2 is 1.65 bits per heavy atom. The highest BCUT2D eigenvalue weighted by Crippen LogP contribution is 2.30. The van der Waals surface area contributed by atoms with Gasteiger partial charge in [0.2, 0.25) is 0 Å². The van der Waals surface area contributed by atoms with Crippen molar-refractivity contribution >= 4 is 23.1 Å². The first-order valence-corrected chi connectivity index (χ1v) is 8.30. The minimum Gasteiger partial charge on any atom is -0.285 e. The van der Waals surface area contributed by atoms with Crippen molar-refractivity contribution in [3.63, 3.8) is 0 Å². The monoisotopic (exact) mass is 353 g/mol. The lowest BCUT2D eigenvalue weighted by Crippen LogP contribution is -2.04. The molecule has 0 aliphatic carbocycles. The second-order valence-electron chi connectivity index (χ2n) is 6.02. The van der Waals surface area contributed by atoms with Crippen LogP contribution in [0.1, 0.15) is 29.7 Å². The van der Waals surface area contributed by atoms with Gasteiger partial charge in [-0.3, -0.25) is 4.99 Å². The normalized spacial score (nSPS) is 13.7. The molecule has 0 heterocycles. The molecule has 0 saturated heterocycles. The molecule has 0 aliphatic rings. The van der Waals surface area contributed by atoms with Crippen LogP contribution in [0.3, 0.4) is 0 Å². The van der Waals surface area contributed by atoms with Crippen LogP contribution in [0, 0.1) is 0 Å². The molecule has 26 heavy (non-hydrogen) atoms. The maximum absolute atomic E-state index is 12.7. The average Bonchev–Trinajstić information content (AvgIpc) is 2.64. The number of halogens is 3. The number of fused-ring (bicyclic) bond motifs is 1. The Morgan fingerprint density at radius 3 is 2.46 bits per heavy atom. The molecule has 3 rings (SSSR count). The topological polar surface area (TPSA) is 12.4 Å². The standard InChI is InChI=1S/C22H18F3N/c1-16(20-13-5-10-18-9-2-3-12-21(18)20)26-14-6-8-17-7-4-11-19(15-17)22(23,24)25/h2-16H,1H3/b8-6+,26-14?/t16-/m1/s1. The van der Waals surface area contributed by atoms with Crippen LogP contribution in [0.25, 0.3) is 16.8 Å². The van der Waals surface area contributed by atoms with Crippen molar-refractivity contribution in [2.75, 3.05) is 0 Å². The molecule has 3 aromatic rings. The zero-order valence-corrected chi connectivity index (χ0v) is 14.2. The van der Waals surface area contributed by atoms with E-state index >= 15 is 0 Å². The third-order valence-corrected chi connectivity index (χ3v) is 4.17. The van der Waals surface area contributed by atoms with Crippen molar-refractivity contribution < 1.29 is 13.2 Å². The van der Waals surface area contributed by atoms with E-state index in [2.05, 4.69) is 23.2 Å². The Balaban J connectivity index is 1.75. The fourth-order valence-corrected chi connectivity index (χ4v) is 2.85. The second-order valence-corrected chi connectivity index (χ2v) is 6.02. The van der Waals surface area contributed by atoms with Crippen LogP contribution < -0.4 is 0 Å². The van der Waals surface area contributed by atoms with Gasteiger partial charge in [0.1, 0.15) is 0 Å². The van der Waals surface area contributed by atoms with E-state index in [1.165, 1.54) is 6.07 Å². The molecule has 4 heteroatoms. The second kappa shape index (κ2) is 7.56. The molecular weight excluding hydrogens is 335 g/mol. The van der Waals surface area contributed by atoms with Gasteiger partial charge in [0.15, 0.2) is 0 Å². The van der Waals surface area contributed by atoms with Crippen molar-refractivity contribution in [2.24, 2.45) is 4.99 Å². The highest BCUT2D eigenvalue weighted by atomic mass is 19.4. The highest BCUT2D eigenvalue weighted by Gasteiger charge is 2.30. The van der Waals surface area contributed by atoms with E-state index in [1.807, 2.05) is 31.2 Å².